The molecule has 0 aromatic carbocycles. The molecule has 0 saturated carbocycles. The maximum absolute atomic E-state index is 10.7. The molecule has 102 valence electrons. The number of aliphatic carboxylic acids is 1. The number of rotatable bonds is 8. The van der Waals surface area contributed by atoms with Crippen LogP contribution >= 0.6 is 0 Å². The van der Waals surface area contributed by atoms with Gasteiger partial charge < -0.3 is 9.63 Å². The number of hydrogen-bond acceptors (Lipinski definition) is 5. The van der Waals surface area contributed by atoms with Crippen molar-refractivity contribution < 1.29 is 14.4 Å². The third-order valence-corrected chi connectivity index (χ3v) is 2.82. The predicted molar refractivity (Wildman–Crippen MR) is 66.1 cm³/mol. The number of aromatic nitrogens is 2. The van der Waals surface area contributed by atoms with Gasteiger partial charge in [0.25, 0.3) is 0 Å². The summed E-state index contributed by atoms with van der Waals surface area (Å²) in [5.74, 6) is 0.477. The van der Waals surface area contributed by atoms with Gasteiger partial charge in [0, 0.05) is 12.5 Å². The third-order valence-electron chi connectivity index (χ3n) is 2.82. The van der Waals surface area contributed by atoms with Gasteiger partial charge in [-0.15, -0.1) is 0 Å². The van der Waals surface area contributed by atoms with Crippen molar-refractivity contribution in [3.8, 4) is 0 Å². The zero-order chi connectivity index (χ0) is 13.5. The fourth-order valence-electron chi connectivity index (χ4n) is 1.81. The first-order chi connectivity index (χ1) is 8.56. The van der Waals surface area contributed by atoms with E-state index in [1.807, 2.05) is 18.7 Å². The second-order valence-corrected chi connectivity index (χ2v) is 4.36. The number of carbonyl (C=O) groups is 1. The molecule has 18 heavy (non-hydrogen) atoms. The molecule has 1 atom stereocenters. The largest absolute Gasteiger partial charge is 0.481 e. The number of nitrogens with zero attached hydrogens (tertiary/aromatic N) is 3. The van der Waals surface area contributed by atoms with Gasteiger partial charge in [-0.1, -0.05) is 19.0 Å². The molecule has 0 saturated heterocycles. The Morgan fingerprint density at radius 1 is 1.50 bits per heavy atom. The summed E-state index contributed by atoms with van der Waals surface area (Å²) in [7, 11) is 0. The molecule has 1 aromatic rings. The van der Waals surface area contributed by atoms with E-state index in [-0.39, 0.29) is 12.5 Å². The Kier molecular flexibility index (Phi) is 5.77. The van der Waals surface area contributed by atoms with Gasteiger partial charge in [0.15, 0.2) is 5.82 Å². The monoisotopic (exact) mass is 255 g/mol. The van der Waals surface area contributed by atoms with Gasteiger partial charge >= 0.3 is 5.97 Å². The van der Waals surface area contributed by atoms with E-state index in [0.29, 0.717) is 12.4 Å². The summed E-state index contributed by atoms with van der Waals surface area (Å²) in [6.45, 7) is 7.19. The quantitative estimate of drug-likeness (QED) is 0.761. The Morgan fingerprint density at radius 2 is 2.22 bits per heavy atom. The average molecular weight is 255 g/mol. The average Bonchev–Trinajstić information content (AvgIpc) is 2.73. The summed E-state index contributed by atoms with van der Waals surface area (Å²) in [6.07, 6.45) is 1.90. The van der Waals surface area contributed by atoms with Crippen LogP contribution in [0.4, 0.5) is 0 Å². The van der Waals surface area contributed by atoms with Gasteiger partial charge in [-0.05, 0) is 19.9 Å². The van der Waals surface area contributed by atoms with Gasteiger partial charge in [-0.3, -0.25) is 9.69 Å². The molecular formula is C12H21N3O3. The van der Waals surface area contributed by atoms with Crippen molar-refractivity contribution in [1.29, 1.82) is 0 Å². The second kappa shape index (κ2) is 7.10. The van der Waals surface area contributed by atoms with E-state index in [0.717, 1.165) is 25.2 Å². The molecule has 0 spiro atoms. The molecule has 0 radical (unpaired) electrons. The smallest absolute Gasteiger partial charge is 0.304 e. The van der Waals surface area contributed by atoms with Crippen LogP contribution in [0.3, 0.4) is 0 Å². The maximum Gasteiger partial charge on any atom is 0.304 e. The Morgan fingerprint density at radius 3 is 2.78 bits per heavy atom. The Hall–Kier alpha value is -1.43. The Labute approximate surface area is 107 Å². The van der Waals surface area contributed by atoms with Crippen molar-refractivity contribution in [3.63, 3.8) is 0 Å². The highest BCUT2D eigenvalue weighted by Crippen LogP contribution is 2.10. The van der Waals surface area contributed by atoms with E-state index in [1.165, 1.54) is 0 Å². The molecule has 0 bridgehead atoms. The topological polar surface area (TPSA) is 79.5 Å². The van der Waals surface area contributed by atoms with Crippen molar-refractivity contribution in [2.75, 3.05) is 6.54 Å². The SMILES string of the molecule is CCCc1noc(CN(CC)C(C)CC(=O)O)n1. The zero-order valence-electron chi connectivity index (χ0n) is 11.2. The van der Waals surface area contributed by atoms with Gasteiger partial charge in [0.05, 0.1) is 13.0 Å². The predicted octanol–water partition coefficient (Wildman–Crippen LogP) is 1.71. The lowest BCUT2D eigenvalue weighted by Crippen LogP contribution is -2.34. The molecule has 6 nitrogen and oxygen atoms in total. The lowest BCUT2D eigenvalue weighted by molar-refractivity contribution is -0.138. The highest BCUT2D eigenvalue weighted by atomic mass is 16.5. The molecule has 1 heterocycles. The first-order valence-electron chi connectivity index (χ1n) is 6.34. The van der Waals surface area contributed by atoms with E-state index in [9.17, 15) is 4.79 Å². The molecule has 0 aliphatic heterocycles. The van der Waals surface area contributed by atoms with Crippen LogP contribution in [0.25, 0.3) is 0 Å². The van der Waals surface area contributed by atoms with Crippen LogP contribution in [0.15, 0.2) is 4.52 Å². The number of hydrogen-bond donors (Lipinski definition) is 1. The van der Waals surface area contributed by atoms with E-state index < -0.39 is 5.97 Å². The maximum atomic E-state index is 10.7. The molecule has 0 aliphatic rings. The lowest BCUT2D eigenvalue weighted by Gasteiger charge is -2.24. The minimum atomic E-state index is -0.793. The minimum Gasteiger partial charge on any atom is -0.481 e. The molecule has 0 amide bonds. The van der Waals surface area contributed by atoms with Crippen LogP contribution in [0.5, 0.6) is 0 Å². The molecule has 0 fully saturated rings. The van der Waals surface area contributed by atoms with Crippen molar-refractivity contribution in [3.05, 3.63) is 11.7 Å². The van der Waals surface area contributed by atoms with Gasteiger partial charge in [0.1, 0.15) is 0 Å². The van der Waals surface area contributed by atoms with E-state index in [1.54, 1.807) is 0 Å². The Balaban J connectivity index is 2.58. The van der Waals surface area contributed by atoms with Crippen molar-refractivity contribution >= 4 is 5.97 Å². The highest BCUT2D eigenvalue weighted by molar-refractivity contribution is 5.67. The summed E-state index contributed by atoms with van der Waals surface area (Å²) in [6, 6.07) is -0.0472. The molecule has 1 aromatic heterocycles. The van der Waals surface area contributed by atoms with Crippen molar-refractivity contribution in [2.45, 2.75) is 52.6 Å². The van der Waals surface area contributed by atoms with Gasteiger partial charge in [0.2, 0.25) is 5.89 Å². The normalized spacial score (nSPS) is 12.9. The van der Waals surface area contributed by atoms with Crippen LogP contribution in [-0.2, 0) is 17.8 Å². The summed E-state index contributed by atoms with van der Waals surface area (Å²) in [5, 5.41) is 12.7. The van der Waals surface area contributed by atoms with Crippen LogP contribution in [0.1, 0.15) is 45.3 Å². The van der Waals surface area contributed by atoms with E-state index >= 15 is 0 Å². The second-order valence-electron chi connectivity index (χ2n) is 4.36. The summed E-state index contributed by atoms with van der Waals surface area (Å²) < 4.78 is 5.15. The van der Waals surface area contributed by atoms with Gasteiger partial charge in [-0.25, -0.2) is 0 Å². The molecule has 6 heteroatoms. The first-order valence-corrected chi connectivity index (χ1v) is 6.34. The van der Waals surface area contributed by atoms with Crippen LogP contribution in [0.2, 0.25) is 0 Å². The molecule has 0 aliphatic carbocycles. The fraction of sp³-hybridized carbons (Fsp3) is 0.750. The summed E-state index contributed by atoms with van der Waals surface area (Å²) in [4.78, 5) is 17.0. The minimum absolute atomic E-state index is 0.0472. The van der Waals surface area contributed by atoms with Crippen LogP contribution in [0, 0.1) is 0 Å². The Bertz CT molecular complexity index is 378. The van der Waals surface area contributed by atoms with Crippen LogP contribution < -0.4 is 0 Å². The van der Waals surface area contributed by atoms with Gasteiger partial charge in [-0.2, -0.15) is 4.98 Å². The highest BCUT2D eigenvalue weighted by Gasteiger charge is 2.18. The van der Waals surface area contributed by atoms with E-state index in [4.69, 9.17) is 9.63 Å². The zero-order valence-corrected chi connectivity index (χ0v) is 11.2. The standard InChI is InChI=1S/C12H21N3O3/c1-4-6-10-13-11(18-14-10)8-15(5-2)9(3)7-12(16)17/h9H,4-8H2,1-3H3,(H,16,17). The first kappa shape index (κ1) is 14.6. The lowest BCUT2D eigenvalue weighted by atomic mass is 10.2. The summed E-state index contributed by atoms with van der Waals surface area (Å²) >= 11 is 0. The third kappa shape index (κ3) is 4.44. The number of aryl methyl sites for hydroxylation is 1. The van der Waals surface area contributed by atoms with E-state index in [2.05, 4.69) is 17.1 Å². The number of carboxylic acid groups (broad SMARTS) is 1. The van der Waals surface area contributed by atoms with Crippen molar-refractivity contribution in [1.82, 2.24) is 15.0 Å². The molecular weight excluding hydrogens is 234 g/mol. The molecule has 1 N–H and O–H groups in total. The summed E-state index contributed by atoms with van der Waals surface area (Å²) in [5.41, 5.74) is 0. The number of carboxylic acids is 1. The fourth-order valence-corrected chi connectivity index (χ4v) is 1.81. The molecule has 1 unspecified atom stereocenters. The van der Waals surface area contributed by atoms with Crippen molar-refractivity contribution in [2.24, 2.45) is 0 Å². The van der Waals surface area contributed by atoms with Crippen LogP contribution in [-0.4, -0.2) is 38.7 Å². The molecule has 1 rings (SSSR count).